The summed E-state index contributed by atoms with van der Waals surface area (Å²) in [6.45, 7) is 15.0. The van der Waals surface area contributed by atoms with Crippen LogP contribution in [0.5, 0.6) is 5.75 Å². The number of carbonyl (C=O) groups is 7. The number of amides is 6. The molecule has 3 aliphatic heterocycles. The molecule has 5 aromatic rings. The van der Waals surface area contributed by atoms with E-state index in [1.165, 1.54) is 0 Å². The Labute approximate surface area is 568 Å². The summed E-state index contributed by atoms with van der Waals surface area (Å²) in [6, 6.07) is 37.1. The van der Waals surface area contributed by atoms with E-state index in [4.69, 9.17) is 13.8 Å². The zero-order valence-corrected chi connectivity index (χ0v) is 57.3. The van der Waals surface area contributed by atoms with Crippen LogP contribution in [0.15, 0.2) is 126 Å². The van der Waals surface area contributed by atoms with Crippen molar-refractivity contribution in [2.24, 2.45) is 0 Å². The minimum atomic E-state index is -4.73. The number of nitrogens with one attached hydrogen (secondary N) is 4. The van der Waals surface area contributed by atoms with Gasteiger partial charge in [-0.1, -0.05) is 86.0 Å². The van der Waals surface area contributed by atoms with E-state index in [-0.39, 0.29) is 108 Å². The number of hydrogen-bond acceptors (Lipinski definition) is 13. The van der Waals surface area contributed by atoms with Crippen LogP contribution in [0.25, 0.3) is 33.4 Å². The second kappa shape index (κ2) is 34.2. The maximum absolute atomic E-state index is 14.6. The summed E-state index contributed by atoms with van der Waals surface area (Å²) in [6.07, 6.45) is 4.15. The Balaban J connectivity index is 0.690. The van der Waals surface area contributed by atoms with E-state index < -0.39 is 33.7 Å². The zero-order chi connectivity index (χ0) is 69.2. The highest BCUT2D eigenvalue weighted by Crippen LogP contribution is 2.42. The summed E-state index contributed by atoms with van der Waals surface area (Å²) in [4.78, 5) is 99.5. The van der Waals surface area contributed by atoms with E-state index in [2.05, 4.69) is 94.8 Å². The van der Waals surface area contributed by atoms with Crippen LogP contribution in [0.1, 0.15) is 132 Å². The van der Waals surface area contributed by atoms with Gasteiger partial charge in [0.15, 0.2) is 5.78 Å². The molecule has 0 spiro atoms. The van der Waals surface area contributed by atoms with E-state index in [1.807, 2.05) is 91.8 Å². The van der Waals surface area contributed by atoms with E-state index in [1.54, 1.807) is 16.9 Å². The van der Waals surface area contributed by atoms with E-state index in [0.29, 0.717) is 59.3 Å². The quantitative estimate of drug-likeness (QED) is 0.00676. The van der Waals surface area contributed by atoms with Crippen LogP contribution in [-0.2, 0) is 53.4 Å². The largest absolute Gasteiger partial charge is 0.497 e. The SMILES string of the molecule is CCN(CC)c1ccc2c(-c3ccccc3C(=O)N3CCN(C(=O)CCC(=O)NC(CS(=O)(=O)O)C(=O)NCCCCCC(=O)NCCNC(=O)c4cc(CCCCc5ccc(C(=O)c6ccccc6)cc5)c(OC)c5c4COB5C)CC3)c3ccc(=[N+](CC)CC)cc-3oc2c1. The molecule has 1 saturated heterocycles. The third-order valence-corrected chi connectivity index (χ3v) is 19.0. The van der Waals surface area contributed by atoms with Gasteiger partial charge in [0.25, 0.3) is 21.9 Å². The first-order valence-corrected chi connectivity index (χ1v) is 35.5. The number of carbonyl (C=O) groups excluding carboxylic acids is 7. The fourth-order valence-electron chi connectivity index (χ4n) is 13.0. The minimum absolute atomic E-state index is 0.0157. The van der Waals surface area contributed by atoms with Crippen LogP contribution < -0.4 is 46.3 Å². The number of hydrogen-bond donors (Lipinski definition) is 5. The predicted molar refractivity (Wildman–Crippen MR) is 377 cm³/mol. The fraction of sp³-hybridized carbons (Fsp3) is 0.405. The molecule has 1 aliphatic carbocycles. The number of aryl methyl sites for hydroxylation is 2. The average Bonchev–Trinajstić information content (AvgIpc) is 1.26. The van der Waals surface area contributed by atoms with Crippen molar-refractivity contribution in [1.82, 2.24) is 35.6 Å². The normalized spacial score (nSPS) is 13.2. The molecule has 4 aliphatic rings. The highest BCUT2D eigenvalue weighted by molar-refractivity contribution is 7.85. The molecular formula is C74H90BN8O13S+. The van der Waals surface area contributed by atoms with E-state index in [9.17, 15) is 46.5 Å². The number of unbranched alkanes of at least 4 members (excludes halogenated alkanes) is 3. The number of ether oxygens (including phenoxy) is 1. The molecule has 1 unspecified atom stereocenters. The number of ketones is 1. The van der Waals surface area contributed by atoms with Gasteiger partial charge in [0, 0.05) is 135 Å². The fourth-order valence-corrected chi connectivity index (χ4v) is 13.6. The molecule has 5 N–H and O–H groups in total. The molecule has 21 nitrogen and oxygen atoms in total. The number of methoxy groups -OCH3 is 1. The van der Waals surface area contributed by atoms with Crippen LogP contribution in [0.4, 0.5) is 5.69 Å². The van der Waals surface area contributed by atoms with Crippen LogP contribution in [0, 0.1) is 0 Å². The van der Waals surface area contributed by atoms with Gasteiger partial charge in [-0.2, -0.15) is 8.42 Å². The number of rotatable bonds is 32. The lowest BCUT2D eigenvalue weighted by atomic mass is 9.62. The van der Waals surface area contributed by atoms with E-state index >= 15 is 0 Å². The van der Waals surface area contributed by atoms with Gasteiger partial charge in [-0.15, -0.1) is 0 Å². The van der Waals surface area contributed by atoms with Crippen LogP contribution >= 0.6 is 0 Å². The molecule has 0 aromatic heterocycles. The van der Waals surface area contributed by atoms with Crippen molar-refractivity contribution in [3.05, 3.63) is 166 Å². The van der Waals surface area contributed by atoms with E-state index in [0.717, 1.165) is 106 Å². The van der Waals surface area contributed by atoms with Gasteiger partial charge >= 0.3 is 6.92 Å². The maximum Gasteiger partial charge on any atom is 0.328 e. The first-order valence-electron chi connectivity index (χ1n) is 33.9. The lowest BCUT2D eigenvalue weighted by molar-refractivity contribution is -0.135. The average molecular weight is 1340 g/mol. The Morgan fingerprint density at radius 3 is 2.08 bits per heavy atom. The van der Waals surface area contributed by atoms with Crippen molar-refractivity contribution in [1.29, 1.82) is 0 Å². The van der Waals surface area contributed by atoms with Crippen LogP contribution in [-0.4, -0.2) is 162 Å². The van der Waals surface area contributed by atoms with Crippen LogP contribution in [0.2, 0.25) is 6.82 Å². The predicted octanol–water partition coefficient (Wildman–Crippen LogP) is 7.69. The standard InChI is InChI=1S/C74H89BN8O13S/c1-7-80(8-2)54-32-34-58-63(46-54)96-64-47-55(81(9-3)10-4)33-35-59(64)68(58)56-25-18-19-26-57(56)74(90)83-43-41-82(42-44-83)67(86)37-36-66(85)79-62(49-97(91,92)93)73(89)77-38-20-12-15-27-65(84)76-39-40-78-72(88)60-45-53(71(94-6)69-61(60)48-95-75(69)5)24-17-16-21-50-28-30-52(31-29-50)70(87)51-22-13-11-14-23-51/h11,13-14,18-19,22-23,25-26,28-35,45-47,62H,7-10,12,15-17,20-21,24,27,36-44,48-49H2,1-6H3,(H4-,76,77,78,79,84,85,88,89,91,92,93)/p+1. The third kappa shape index (κ3) is 18.5. The van der Waals surface area contributed by atoms with Gasteiger partial charge in [0.05, 0.1) is 19.8 Å². The summed E-state index contributed by atoms with van der Waals surface area (Å²) < 4.78 is 54.5. The molecule has 23 heteroatoms. The second-order valence-corrected chi connectivity index (χ2v) is 26.0. The van der Waals surface area contributed by atoms with Crippen LogP contribution in [0.3, 0.4) is 0 Å². The zero-order valence-electron chi connectivity index (χ0n) is 56.5. The van der Waals surface area contributed by atoms with Gasteiger partial charge in [0.1, 0.15) is 42.0 Å². The maximum atomic E-state index is 14.6. The Kier molecular flexibility index (Phi) is 25.4. The number of anilines is 1. The van der Waals surface area contributed by atoms with Crippen molar-refractivity contribution < 1.29 is 60.3 Å². The van der Waals surface area contributed by atoms with Gasteiger partial charge in [-0.25, -0.2) is 4.58 Å². The molecule has 97 heavy (non-hydrogen) atoms. The number of fused-ring (bicyclic) bond motifs is 3. The van der Waals surface area contributed by atoms with Gasteiger partial charge in [-0.3, -0.25) is 38.1 Å². The molecule has 0 radical (unpaired) electrons. The Hall–Kier alpha value is -9.19. The van der Waals surface area contributed by atoms with Gasteiger partial charge < -0.3 is 49.8 Å². The Morgan fingerprint density at radius 1 is 0.680 bits per heavy atom. The van der Waals surface area contributed by atoms with Gasteiger partial charge in [-0.05, 0) is 124 Å². The molecule has 1 fully saturated rings. The summed E-state index contributed by atoms with van der Waals surface area (Å²) >= 11 is 0. The Morgan fingerprint density at radius 2 is 1.37 bits per heavy atom. The number of nitrogens with zero attached hydrogens (tertiary/aromatic N) is 4. The lowest BCUT2D eigenvalue weighted by Crippen LogP contribution is -2.51. The monoisotopic (exact) mass is 1340 g/mol. The minimum Gasteiger partial charge on any atom is -0.497 e. The second-order valence-electron chi connectivity index (χ2n) is 24.5. The summed E-state index contributed by atoms with van der Waals surface area (Å²) in [5.41, 5.74) is 10.2. The summed E-state index contributed by atoms with van der Waals surface area (Å²) in [7, 11) is -3.10. The lowest BCUT2D eigenvalue weighted by Gasteiger charge is -2.35. The molecule has 6 amide bonds. The first kappa shape index (κ1) is 72.1. The smallest absolute Gasteiger partial charge is 0.328 e. The molecular weight excluding hydrogens is 1250 g/mol. The molecule has 1 atom stereocenters. The van der Waals surface area contributed by atoms with Crippen molar-refractivity contribution in [2.75, 3.05) is 89.8 Å². The number of piperazine rings is 1. The topological polar surface area (TPSA) is 266 Å². The first-order chi connectivity index (χ1) is 46.8. The molecule has 3 heterocycles. The molecule has 5 aromatic carbocycles. The highest BCUT2D eigenvalue weighted by Gasteiger charge is 2.34. The molecule has 0 bridgehead atoms. The number of benzene rings is 6. The highest BCUT2D eigenvalue weighted by atomic mass is 32.2. The van der Waals surface area contributed by atoms with Crippen molar-refractivity contribution >= 4 is 80.4 Å². The van der Waals surface area contributed by atoms with Gasteiger partial charge in [0.2, 0.25) is 29.0 Å². The molecule has 9 rings (SSSR count). The third-order valence-electron chi connectivity index (χ3n) is 18.3. The van der Waals surface area contributed by atoms with Crippen molar-refractivity contribution in [2.45, 2.75) is 111 Å². The summed E-state index contributed by atoms with van der Waals surface area (Å²) in [5.74, 6) is -2.37. The van der Waals surface area contributed by atoms with Crippen molar-refractivity contribution in [3.63, 3.8) is 0 Å². The Bertz CT molecular complexity index is 4130. The van der Waals surface area contributed by atoms with Crippen molar-refractivity contribution in [3.8, 4) is 28.2 Å². The molecule has 512 valence electrons. The summed E-state index contributed by atoms with van der Waals surface area (Å²) in [5, 5.41) is 12.6. The molecule has 0 saturated carbocycles.